The Hall–Kier alpha value is -4.22. The van der Waals surface area contributed by atoms with Crippen LogP contribution in [0.3, 0.4) is 0 Å². The summed E-state index contributed by atoms with van der Waals surface area (Å²) in [5, 5.41) is 0. The molecule has 7 rings (SSSR count). The van der Waals surface area contributed by atoms with E-state index in [-0.39, 0.29) is 106 Å². The third-order valence-electron chi connectivity index (χ3n) is 19.9. The summed E-state index contributed by atoms with van der Waals surface area (Å²) in [6, 6.07) is 26.2. The van der Waals surface area contributed by atoms with E-state index in [0.717, 1.165) is 17.8 Å². The van der Waals surface area contributed by atoms with E-state index >= 15 is 0 Å². The van der Waals surface area contributed by atoms with Gasteiger partial charge in [0.05, 0.1) is 0 Å². The van der Waals surface area contributed by atoms with Gasteiger partial charge in [0.2, 0.25) is 0 Å². The molecule has 0 bridgehead atoms. The number of hydrogen-bond acceptors (Lipinski definition) is 5. The van der Waals surface area contributed by atoms with Crippen molar-refractivity contribution in [3.05, 3.63) is 154 Å². The molecule has 1 aliphatic carbocycles. The van der Waals surface area contributed by atoms with Crippen LogP contribution in [0, 0.1) is 34.0 Å². The Kier molecular flexibility index (Phi) is 47.2. The first kappa shape index (κ1) is 114. The molecule has 1 saturated carbocycles. The molecule has 0 N–H and O–H groups in total. The summed E-state index contributed by atoms with van der Waals surface area (Å²) in [6.07, 6.45) is 16.4. The minimum Gasteiger partial charge on any atom is -0.298 e. The van der Waals surface area contributed by atoms with Crippen LogP contribution in [0.2, 0.25) is 0 Å². The van der Waals surface area contributed by atoms with E-state index < -0.39 is 0 Å². The molecule has 0 spiro atoms. The van der Waals surface area contributed by atoms with E-state index in [9.17, 15) is 0 Å². The summed E-state index contributed by atoms with van der Waals surface area (Å²) in [7, 11) is 0. The Balaban J connectivity index is -0.000000211. The lowest BCUT2D eigenvalue weighted by Gasteiger charge is -2.45. The normalized spacial score (nSPS) is 16.3. The average Bonchev–Trinajstić information content (AvgIpc) is 0.874. The van der Waals surface area contributed by atoms with Crippen LogP contribution in [-0.2, 0) is 54.1 Å². The molecule has 5 nitrogen and oxygen atoms in total. The molecule has 1 aromatic carbocycles. The first-order chi connectivity index (χ1) is 43.5. The second-order valence-electron chi connectivity index (χ2n) is 43.9. The van der Waals surface area contributed by atoms with Crippen LogP contribution in [0.4, 0.5) is 0 Å². The van der Waals surface area contributed by atoms with Gasteiger partial charge in [0, 0.05) is 81.3 Å². The predicted octanol–water partition coefficient (Wildman–Crippen LogP) is 31.9. The minimum absolute atomic E-state index is 0. The molecule has 5 aromatic rings. The highest BCUT2D eigenvalue weighted by molar-refractivity contribution is 5.33. The Labute approximate surface area is 662 Å². The molecule has 105 heavy (non-hydrogen) atoms. The second-order valence-corrected chi connectivity index (χ2v) is 43.9. The molecule has 5 heteroatoms. The van der Waals surface area contributed by atoms with E-state index in [0.29, 0.717) is 21.8 Å². The topological polar surface area (TPSA) is 54.8 Å². The maximum Gasteiger partial charge on any atom is 0.0460 e. The van der Waals surface area contributed by atoms with Gasteiger partial charge >= 0.3 is 0 Å². The van der Waals surface area contributed by atoms with Crippen molar-refractivity contribution in [2.75, 3.05) is 13.1 Å². The fourth-order valence-electron chi connectivity index (χ4n) is 11.7. The highest BCUT2D eigenvalue weighted by Crippen LogP contribution is 2.46. The van der Waals surface area contributed by atoms with Crippen LogP contribution in [0.1, 0.15) is 437 Å². The largest absolute Gasteiger partial charge is 0.298 e. The molecular formula is C100H189N5. The van der Waals surface area contributed by atoms with Gasteiger partial charge in [-0.1, -0.05) is 365 Å². The van der Waals surface area contributed by atoms with Crippen LogP contribution in [0.15, 0.2) is 97.6 Å². The molecule has 3 atom stereocenters. The van der Waals surface area contributed by atoms with Gasteiger partial charge in [0.25, 0.3) is 0 Å². The molecular weight excluding hydrogens is 1270 g/mol. The monoisotopic (exact) mass is 1460 g/mol. The van der Waals surface area contributed by atoms with Gasteiger partial charge in [-0.3, -0.25) is 24.8 Å². The maximum atomic E-state index is 4.72. The summed E-state index contributed by atoms with van der Waals surface area (Å²) >= 11 is 0. The average molecular weight is 1460 g/mol. The summed E-state index contributed by atoms with van der Waals surface area (Å²) in [5.74, 6) is 2.76. The Bertz CT molecular complexity index is 2480. The molecule has 4 aromatic heterocycles. The van der Waals surface area contributed by atoms with Gasteiger partial charge in [-0.2, -0.15) is 0 Å². The number of rotatable bonds is 0. The van der Waals surface area contributed by atoms with E-state index in [2.05, 4.69) is 383 Å². The quantitative estimate of drug-likeness (QED) is 0.155. The zero-order valence-corrected chi connectivity index (χ0v) is 72.9. The molecule has 5 heterocycles. The number of piperidine rings is 1. The first-order valence-corrected chi connectivity index (χ1v) is 38.2. The van der Waals surface area contributed by atoms with Gasteiger partial charge in [-0.25, -0.2) is 0 Å². The van der Waals surface area contributed by atoms with E-state index in [1.807, 2.05) is 24.8 Å². The van der Waals surface area contributed by atoms with Crippen molar-refractivity contribution < 1.29 is 0 Å². The van der Waals surface area contributed by atoms with E-state index in [4.69, 9.17) is 4.98 Å². The van der Waals surface area contributed by atoms with Crippen LogP contribution < -0.4 is 0 Å². The summed E-state index contributed by atoms with van der Waals surface area (Å²) in [6.45, 7) is 97.7. The molecule has 0 radical (unpaired) electrons. The van der Waals surface area contributed by atoms with Gasteiger partial charge in [0.1, 0.15) is 0 Å². The third-order valence-corrected chi connectivity index (χ3v) is 19.9. The molecule has 1 aliphatic heterocycles. The lowest BCUT2D eigenvalue weighted by atomic mass is 9.63. The molecule has 0 amide bonds. The summed E-state index contributed by atoms with van der Waals surface area (Å²) in [5.41, 5.74) is 16.6. The first-order valence-electron chi connectivity index (χ1n) is 38.2. The Morgan fingerprint density at radius 3 is 0.819 bits per heavy atom. The lowest BCUT2D eigenvalue weighted by molar-refractivity contribution is 0.0388. The van der Waals surface area contributed by atoms with Crippen LogP contribution in [0.5, 0.6) is 0 Å². The predicted molar refractivity (Wildman–Crippen MR) is 485 cm³/mol. The molecule has 2 aliphatic rings. The number of pyridine rings is 4. The van der Waals surface area contributed by atoms with Crippen molar-refractivity contribution in [2.24, 2.45) is 34.0 Å². The maximum absolute atomic E-state index is 4.72. The van der Waals surface area contributed by atoms with E-state index in [1.165, 1.54) is 108 Å². The smallest absolute Gasteiger partial charge is 0.0460 e. The van der Waals surface area contributed by atoms with Crippen LogP contribution >= 0.6 is 0 Å². The van der Waals surface area contributed by atoms with Gasteiger partial charge in [-0.05, 0) is 196 Å². The highest BCUT2D eigenvalue weighted by atomic mass is 15.2. The SMILES string of the molecule is C.C.C.C.C.C.C.CC(C)(C)C1CCCC(C(C)(C)C)C1.CC(C)(C)C1CCCN(C(C)(C)C)C1.CC(C)(C)c1cccc(C(C)(C)C)c1.CC(C)(C)c1cccc(C(C)(C)C)n1.CC(C)(C)c1ccnc(C(C)(C)C)c1.CC(C)(C)c1ccnc(C(C)(C)C)c1.CC(C)(C)c1cncc(C(C)(C)C)c1. The third kappa shape index (κ3) is 42.5. The minimum atomic E-state index is 0. The highest BCUT2D eigenvalue weighted by Gasteiger charge is 2.36. The molecule has 2 fully saturated rings. The summed E-state index contributed by atoms with van der Waals surface area (Å²) < 4.78 is 0. The number of nitrogens with zero attached hydrogens (tertiary/aromatic N) is 5. The lowest BCUT2D eigenvalue weighted by Crippen LogP contribution is -2.49. The van der Waals surface area contributed by atoms with E-state index in [1.54, 1.807) is 0 Å². The molecule has 614 valence electrons. The van der Waals surface area contributed by atoms with Gasteiger partial charge in [-0.15, -0.1) is 0 Å². The zero-order valence-electron chi connectivity index (χ0n) is 72.9. The van der Waals surface area contributed by atoms with Crippen LogP contribution in [-0.4, -0.2) is 43.5 Å². The summed E-state index contributed by atoms with van der Waals surface area (Å²) in [4.78, 5) is 20.5. The van der Waals surface area contributed by atoms with Gasteiger partial charge in [0.15, 0.2) is 0 Å². The zero-order chi connectivity index (χ0) is 76.9. The van der Waals surface area contributed by atoms with Crippen molar-refractivity contribution in [1.29, 1.82) is 0 Å². The van der Waals surface area contributed by atoms with Crippen molar-refractivity contribution >= 4 is 0 Å². The van der Waals surface area contributed by atoms with Crippen LogP contribution in [0.25, 0.3) is 0 Å². The fraction of sp³-hybridized carbons (Fsp3) is 0.740. The number of benzene rings is 1. The standard InChI is InChI=1S/C14H28.C14H22.3C13H21N.C13H27N.C13H21N.7CH4/c2*1-13(2,3)11-8-7-9-12(10-11)14(4,5)6;1-12(2,3)10-7-11(9-14-8-10)13(4,5)6;2*1-12(2,3)10-7-8-14-11(9-10)13(4,5)6;1-12(2,3)11-8-7-9-14(10-11)13(4,5)6;1-12(2,3)10-8-7-9-11(14-10)13(4,5)6;;;;;;;/h11-12H,7-10H2,1-6H3;7-10H,1-6H3;3*7-9H,1-6H3;11H,7-10H2,1-6H3;7-9H,1-6H3;7*1H4. The Morgan fingerprint density at radius 2 is 0.552 bits per heavy atom. The van der Waals surface area contributed by atoms with Gasteiger partial charge < -0.3 is 0 Å². The second kappa shape index (κ2) is 43.4. The van der Waals surface area contributed by atoms with Crippen molar-refractivity contribution in [2.45, 2.75) is 441 Å². The van der Waals surface area contributed by atoms with Crippen molar-refractivity contribution in [1.82, 2.24) is 24.8 Å². The number of likely N-dealkylation sites (tertiary alicyclic amines) is 1. The van der Waals surface area contributed by atoms with Crippen molar-refractivity contribution in [3.63, 3.8) is 0 Å². The molecule has 3 unspecified atom stereocenters. The number of hydrogen-bond donors (Lipinski definition) is 0. The fourth-order valence-corrected chi connectivity index (χ4v) is 11.7. The Morgan fingerprint density at radius 1 is 0.286 bits per heavy atom. The number of aromatic nitrogens is 4. The molecule has 1 saturated heterocycles. The van der Waals surface area contributed by atoms with Crippen molar-refractivity contribution in [3.8, 4) is 0 Å².